The van der Waals surface area contributed by atoms with E-state index in [-0.39, 0.29) is 17.9 Å². The highest BCUT2D eigenvalue weighted by atomic mass is 16.5. The molecule has 0 bridgehead atoms. The van der Waals surface area contributed by atoms with Gasteiger partial charge in [-0.1, -0.05) is 18.2 Å². The van der Waals surface area contributed by atoms with Crippen molar-refractivity contribution in [3.63, 3.8) is 0 Å². The molecule has 0 spiro atoms. The van der Waals surface area contributed by atoms with E-state index in [1.54, 1.807) is 4.90 Å². The maximum Gasteiger partial charge on any atom is 0.243 e. The van der Waals surface area contributed by atoms with Gasteiger partial charge in [0.25, 0.3) is 0 Å². The number of nitrogens with zero attached hydrogens (tertiary/aromatic N) is 1. The van der Waals surface area contributed by atoms with E-state index in [2.05, 4.69) is 5.32 Å². The molecule has 2 amide bonds. The molecule has 1 aromatic rings. The summed E-state index contributed by atoms with van der Waals surface area (Å²) in [4.78, 5) is 25.9. The molecule has 1 N–H and O–H groups in total. The highest BCUT2D eigenvalue weighted by molar-refractivity contribution is 6.02. The lowest BCUT2D eigenvalue weighted by Crippen LogP contribution is -2.50. The molecule has 2 atom stereocenters. The lowest BCUT2D eigenvalue weighted by molar-refractivity contribution is -0.126. The van der Waals surface area contributed by atoms with Gasteiger partial charge in [0.15, 0.2) is 0 Å². The first-order valence-corrected chi connectivity index (χ1v) is 6.92. The average Bonchev–Trinajstić information content (AvgIpc) is 3.04. The van der Waals surface area contributed by atoms with Gasteiger partial charge >= 0.3 is 0 Å². The van der Waals surface area contributed by atoms with E-state index in [1.165, 1.54) is 6.92 Å². The van der Waals surface area contributed by atoms with E-state index in [0.717, 1.165) is 17.7 Å². The van der Waals surface area contributed by atoms with Crippen molar-refractivity contribution in [1.29, 1.82) is 0 Å². The van der Waals surface area contributed by atoms with Crippen LogP contribution in [0.2, 0.25) is 0 Å². The number of carbonyl (C=O) groups excluding carboxylic acids is 2. The van der Waals surface area contributed by atoms with E-state index >= 15 is 0 Å². The monoisotopic (exact) mass is 274 g/mol. The van der Waals surface area contributed by atoms with Crippen LogP contribution in [0.25, 0.3) is 0 Å². The second-order valence-corrected chi connectivity index (χ2v) is 5.31. The van der Waals surface area contributed by atoms with Crippen LogP contribution in [0, 0.1) is 0 Å². The van der Waals surface area contributed by atoms with Crippen molar-refractivity contribution in [3.8, 4) is 0 Å². The number of amides is 2. The van der Waals surface area contributed by atoms with Gasteiger partial charge < -0.3 is 10.1 Å². The van der Waals surface area contributed by atoms with Crippen LogP contribution in [-0.2, 0) is 20.7 Å². The van der Waals surface area contributed by atoms with Gasteiger partial charge in [-0.25, -0.2) is 0 Å². The molecule has 2 aliphatic rings. The summed E-state index contributed by atoms with van der Waals surface area (Å²) in [7, 11) is 0. The van der Waals surface area contributed by atoms with E-state index in [0.29, 0.717) is 19.6 Å². The predicted octanol–water partition coefficient (Wildman–Crippen LogP) is 0.869. The molecule has 1 fully saturated rings. The minimum Gasteiger partial charge on any atom is -0.379 e. The summed E-state index contributed by atoms with van der Waals surface area (Å²) in [5.41, 5.74) is 1.90. The van der Waals surface area contributed by atoms with Gasteiger partial charge in [-0.05, 0) is 18.1 Å². The average molecular weight is 274 g/mol. The number of para-hydroxylation sites is 1. The zero-order valence-corrected chi connectivity index (χ0v) is 11.5. The third kappa shape index (κ3) is 2.29. The fourth-order valence-corrected chi connectivity index (χ4v) is 2.93. The Morgan fingerprint density at radius 2 is 2.15 bits per heavy atom. The lowest BCUT2D eigenvalue weighted by Gasteiger charge is -2.24. The van der Waals surface area contributed by atoms with Crippen LogP contribution >= 0.6 is 0 Å². The summed E-state index contributed by atoms with van der Waals surface area (Å²) in [6.07, 6.45) is 1.42. The normalized spacial score (nSPS) is 24.6. The van der Waals surface area contributed by atoms with Gasteiger partial charge in [-0.2, -0.15) is 0 Å². The third-order valence-electron chi connectivity index (χ3n) is 3.89. The summed E-state index contributed by atoms with van der Waals surface area (Å²) >= 11 is 0. The molecular formula is C15H18N2O3. The smallest absolute Gasteiger partial charge is 0.243 e. The minimum atomic E-state index is -0.439. The van der Waals surface area contributed by atoms with Crippen LogP contribution in [-0.4, -0.2) is 37.1 Å². The Bertz CT molecular complexity index is 538. The van der Waals surface area contributed by atoms with Crippen LogP contribution < -0.4 is 10.2 Å². The van der Waals surface area contributed by atoms with Gasteiger partial charge in [0.05, 0.1) is 12.6 Å². The van der Waals surface area contributed by atoms with Crippen molar-refractivity contribution in [2.24, 2.45) is 0 Å². The van der Waals surface area contributed by atoms with Gasteiger partial charge in [0.2, 0.25) is 11.8 Å². The van der Waals surface area contributed by atoms with E-state index in [4.69, 9.17) is 4.74 Å². The zero-order chi connectivity index (χ0) is 14.1. The molecule has 2 aliphatic heterocycles. The van der Waals surface area contributed by atoms with Crippen molar-refractivity contribution >= 4 is 17.5 Å². The highest BCUT2D eigenvalue weighted by Crippen LogP contribution is 2.32. The van der Waals surface area contributed by atoms with Crippen molar-refractivity contribution in [2.75, 3.05) is 18.1 Å². The quantitative estimate of drug-likeness (QED) is 0.870. The van der Waals surface area contributed by atoms with Crippen LogP contribution in [0.15, 0.2) is 24.3 Å². The van der Waals surface area contributed by atoms with Crippen molar-refractivity contribution < 1.29 is 14.3 Å². The minimum absolute atomic E-state index is 0.0695. The maximum absolute atomic E-state index is 12.4. The Morgan fingerprint density at radius 1 is 1.35 bits per heavy atom. The Kier molecular flexibility index (Phi) is 3.44. The zero-order valence-electron chi connectivity index (χ0n) is 11.5. The second-order valence-electron chi connectivity index (χ2n) is 5.31. The summed E-state index contributed by atoms with van der Waals surface area (Å²) in [6, 6.07) is 7.31. The number of anilines is 1. The van der Waals surface area contributed by atoms with Gasteiger partial charge in [0, 0.05) is 25.6 Å². The van der Waals surface area contributed by atoms with Crippen LogP contribution in [0.1, 0.15) is 18.9 Å². The summed E-state index contributed by atoms with van der Waals surface area (Å²) in [6.45, 7) is 2.75. The molecule has 3 rings (SSSR count). The topological polar surface area (TPSA) is 58.6 Å². The van der Waals surface area contributed by atoms with Crippen LogP contribution in [0.3, 0.4) is 0 Å². The number of hydrogen-bond donors (Lipinski definition) is 1. The standard InChI is InChI=1S/C15H18N2O3/c1-10(18)17-13-5-3-2-4-11(13)8-14(17)15(19)16-12-6-7-20-9-12/h2-5,12,14H,6-9H2,1H3,(H,16,19)/t12?,14-/m0/s1. The molecule has 5 nitrogen and oxygen atoms in total. The van der Waals surface area contributed by atoms with Crippen molar-refractivity contribution in [3.05, 3.63) is 29.8 Å². The van der Waals surface area contributed by atoms with Crippen molar-refractivity contribution in [1.82, 2.24) is 5.32 Å². The summed E-state index contributed by atoms with van der Waals surface area (Å²) in [5, 5.41) is 2.98. The molecular weight excluding hydrogens is 256 g/mol. The SMILES string of the molecule is CC(=O)N1c2ccccc2C[C@H]1C(=O)NC1CCOC1. The molecule has 0 radical (unpaired) electrons. The number of benzene rings is 1. The van der Waals surface area contributed by atoms with E-state index < -0.39 is 6.04 Å². The third-order valence-corrected chi connectivity index (χ3v) is 3.89. The first-order chi connectivity index (χ1) is 9.66. The molecule has 0 saturated carbocycles. The Labute approximate surface area is 117 Å². The molecule has 1 aromatic carbocycles. The van der Waals surface area contributed by atoms with E-state index in [9.17, 15) is 9.59 Å². The van der Waals surface area contributed by atoms with Gasteiger partial charge in [0.1, 0.15) is 6.04 Å². The first kappa shape index (κ1) is 13.1. The molecule has 2 heterocycles. The maximum atomic E-state index is 12.4. The summed E-state index contributed by atoms with van der Waals surface area (Å²) in [5.74, 6) is -0.190. The summed E-state index contributed by atoms with van der Waals surface area (Å²) < 4.78 is 5.26. The molecule has 0 aliphatic carbocycles. The van der Waals surface area contributed by atoms with E-state index in [1.807, 2.05) is 24.3 Å². The molecule has 106 valence electrons. The second kappa shape index (κ2) is 5.25. The Hall–Kier alpha value is -1.88. The van der Waals surface area contributed by atoms with Crippen LogP contribution in [0.4, 0.5) is 5.69 Å². The Balaban J connectivity index is 1.79. The van der Waals surface area contributed by atoms with Gasteiger partial charge in [-0.15, -0.1) is 0 Å². The van der Waals surface area contributed by atoms with Gasteiger partial charge in [-0.3, -0.25) is 14.5 Å². The number of fused-ring (bicyclic) bond motifs is 1. The molecule has 20 heavy (non-hydrogen) atoms. The Morgan fingerprint density at radius 3 is 2.85 bits per heavy atom. The number of ether oxygens (including phenoxy) is 1. The number of hydrogen-bond acceptors (Lipinski definition) is 3. The first-order valence-electron chi connectivity index (χ1n) is 6.92. The fourth-order valence-electron chi connectivity index (χ4n) is 2.93. The highest BCUT2D eigenvalue weighted by Gasteiger charge is 2.37. The fraction of sp³-hybridized carbons (Fsp3) is 0.467. The molecule has 5 heteroatoms. The molecule has 1 saturated heterocycles. The number of rotatable bonds is 2. The van der Waals surface area contributed by atoms with Crippen molar-refractivity contribution in [2.45, 2.75) is 31.8 Å². The largest absolute Gasteiger partial charge is 0.379 e. The number of nitrogens with one attached hydrogen (secondary N) is 1. The lowest BCUT2D eigenvalue weighted by atomic mass is 10.1. The molecule has 1 unspecified atom stereocenters. The molecule has 0 aromatic heterocycles. The van der Waals surface area contributed by atoms with Crippen LogP contribution in [0.5, 0.6) is 0 Å². The predicted molar refractivity (Wildman–Crippen MR) is 74.5 cm³/mol. The number of carbonyl (C=O) groups is 2.